The average Bonchev–Trinajstić information content (AvgIpc) is 3.21. The molecule has 0 fully saturated rings. The third kappa shape index (κ3) is 3.48. The summed E-state index contributed by atoms with van der Waals surface area (Å²) < 4.78 is 1.98. The van der Waals surface area contributed by atoms with E-state index >= 15 is 0 Å². The Morgan fingerprint density at radius 3 is 2.45 bits per heavy atom. The van der Waals surface area contributed by atoms with Gasteiger partial charge in [-0.25, -0.2) is 9.50 Å². The zero-order chi connectivity index (χ0) is 20.7. The fraction of sp³-hybridized carbons (Fsp3) is 0.375. The van der Waals surface area contributed by atoms with Crippen LogP contribution in [0.3, 0.4) is 0 Å². The standard InChI is InChI=1S/C24H28N4S/c1-7-18(8-2)19-13-28-24(26-16(19)5)22(17(6)27-28)23-14(3)12-21(29-23)20-11-9-10-15(4)25-20/h9-13,18H,7-8H2,1-6H3. The molecule has 29 heavy (non-hydrogen) atoms. The van der Waals surface area contributed by atoms with Crippen molar-refractivity contribution in [3.05, 3.63) is 58.7 Å². The molecule has 0 aliphatic carbocycles. The van der Waals surface area contributed by atoms with Gasteiger partial charge >= 0.3 is 0 Å². The third-order valence-electron chi connectivity index (χ3n) is 5.72. The van der Waals surface area contributed by atoms with Gasteiger partial charge in [0.2, 0.25) is 0 Å². The third-order valence-corrected chi connectivity index (χ3v) is 7.00. The zero-order valence-corrected chi connectivity index (χ0v) is 18.9. The summed E-state index contributed by atoms with van der Waals surface area (Å²) in [5.74, 6) is 0.530. The number of hydrogen-bond acceptors (Lipinski definition) is 4. The van der Waals surface area contributed by atoms with Crippen molar-refractivity contribution in [1.82, 2.24) is 19.6 Å². The van der Waals surface area contributed by atoms with Gasteiger partial charge in [0.1, 0.15) is 0 Å². The largest absolute Gasteiger partial charge is 0.252 e. The van der Waals surface area contributed by atoms with E-state index in [1.165, 1.54) is 20.9 Å². The van der Waals surface area contributed by atoms with Crippen molar-refractivity contribution in [2.75, 3.05) is 0 Å². The minimum atomic E-state index is 0.530. The van der Waals surface area contributed by atoms with E-state index in [4.69, 9.17) is 15.1 Å². The van der Waals surface area contributed by atoms with Crippen LogP contribution in [-0.2, 0) is 0 Å². The first-order valence-corrected chi connectivity index (χ1v) is 11.2. The normalized spacial score (nSPS) is 11.7. The fourth-order valence-corrected chi connectivity index (χ4v) is 5.35. The van der Waals surface area contributed by atoms with Gasteiger partial charge in [-0.1, -0.05) is 19.9 Å². The first kappa shape index (κ1) is 19.8. The van der Waals surface area contributed by atoms with Crippen LogP contribution in [0.1, 0.15) is 60.8 Å². The van der Waals surface area contributed by atoms with Crippen LogP contribution in [0.5, 0.6) is 0 Å². The van der Waals surface area contributed by atoms with E-state index in [0.29, 0.717) is 5.92 Å². The number of fused-ring (bicyclic) bond motifs is 1. The summed E-state index contributed by atoms with van der Waals surface area (Å²) in [6.07, 6.45) is 4.43. The molecule has 0 aliphatic heterocycles. The van der Waals surface area contributed by atoms with Crippen LogP contribution in [0.15, 0.2) is 30.5 Å². The van der Waals surface area contributed by atoms with Crippen LogP contribution >= 0.6 is 11.3 Å². The lowest BCUT2D eigenvalue weighted by atomic mass is 9.94. The second-order valence-electron chi connectivity index (χ2n) is 7.81. The van der Waals surface area contributed by atoms with Gasteiger partial charge in [-0.05, 0) is 75.8 Å². The van der Waals surface area contributed by atoms with Gasteiger partial charge in [0.25, 0.3) is 0 Å². The molecular formula is C24H28N4S. The fourth-order valence-electron chi connectivity index (χ4n) is 4.11. The lowest BCUT2D eigenvalue weighted by Crippen LogP contribution is -2.04. The Kier molecular flexibility index (Phi) is 5.26. The van der Waals surface area contributed by atoms with E-state index in [9.17, 15) is 0 Å². The molecule has 0 spiro atoms. The van der Waals surface area contributed by atoms with E-state index in [1.807, 2.05) is 17.5 Å². The number of aryl methyl sites for hydroxylation is 4. The molecule has 5 heteroatoms. The summed E-state index contributed by atoms with van der Waals surface area (Å²) >= 11 is 1.78. The molecule has 0 N–H and O–H groups in total. The van der Waals surface area contributed by atoms with E-state index in [2.05, 4.69) is 59.0 Å². The molecule has 0 saturated carbocycles. The molecule has 4 aromatic rings. The molecule has 4 heterocycles. The quantitative estimate of drug-likeness (QED) is 0.374. The molecular weight excluding hydrogens is 376 g/mol. The predicted molar refractivity (Wildman–Crippen MR) is 122 cm³/mol. The molecule has 0 aromatic carbocycles. The highest BCUT2D eigenvalue weighted by molar-refractivity contribution is 7.19. The summed E-state index contributed by atoms with van der Waals surface area (Å²) in [6, 6.07) is 8.41. The van der Waals surface area contributed by atoms with Gasteiger partial charge < -0.3 is 0 Å². The van der Waals surface area contributed by atoms with Crippen LogP contribution in [0.2, 0.25) is 0 Å². The SMILES string of the molecule is CCC(CC)c1cn2nc(C)c(-c3sc(-c4cccc(C)n4)cc3C)c2nc1C. The van der Waals surface area contributed by atoms with Gasteiger partial charge in [0.05, 0.1) is 21.8 Å². The first-order valence-electron chi connectivity index (χ1n) is 10.3. The van der Waals surface area contributed by atoms with Crippen molar-refractivity contribution in [2.45, 2.75) is 60.3 Å². The first-order chi connectivity index (χ1) is 13.9. The predicted octanol–water partition coefficient (Wildman–Crippen LogP) is 6.66. The van der Waals surface area contributed by atoms with E-state index in [0.717, 1.165) is 46.8 Å². The Labute approximate surface area is 176 Å². The van der Waals surface area contributed by atoms with Gasteiger partial charge in [-0.15, -0.1) is 11.3 Å². The van der Waals surface area contributed by atoms with Crippen molar-refractivity contribution >= 4 is 17.0 Å². The van der Waals surface area contributed by atoms with Crippen molar-refractivity contribution in [3.8, 4) is 21.0 Å². The van der Waals surface area contributed by atoms with E-state index in [1.54, 1.807) is 11.3 Å². The van der Waals surface area contributed by atoms with E-state index in [-0.39, 0.29) is 0 Å². The molecule has 4 aromatic heterocycles. The Morgan fingerprint density at radius 1 is 1.00 bits per heavy atom. The van der Waals surface area contributed by atoms with Crippen LogP contribution in [0, 0.1) is 27.7 Å². The summed E-state index contributed by atoms with van der Waals surface area (Å²) in [5.41, 5.74) is 8.84. The lowest BCUT2D eigenvalue weighted by Gasteiger charge is -2.15. The van der Waals surface area contributed by atoms with E-state index < -0.39 is 0 Å². The highest BCUT2D eigenvalue weighted by Crippen LogP contribution is 2.40. The highest BCUT2D eigenvalue weighted by Gasteiger charge is 2.21. The number of thiophene rings is 1. The van der Waals surface area contributed by atoms with Gasteiger partial charge in [-0.2, -0.15) is 5.10 Å². The maximum atomic E-state index is 5.02. The molecule has 0 saturated heterocycles. The average molecular weight is 405 g/mol. The molecule has 150 valence electrons. The molecule has 0 unspecified atom stereocenters. The van der Waals surface area contributed by atoms with Crippen LogP contribution in [0.25, 0.3) is 26.7 Å². The maximum Gasteiger partial charge on any atom is 0.164 e. The minimum absolute atomic E-state index is 0.530. The van der Waals surface area contributed by atoms with Gasteiger partial charge in [-0.3, -0.25) is 4.98 Å². The second kappa shape index (κ2) is 7.71. The van der Waals surface area contributed by atoms with Crippen LogP contribution < -0.4 is 0 Å². The van der Waals surface area contributed by atoms with Crippen molar-refractivity contribution in [2.24, 2.45) is 0 Å². The number of hydrogen-bond donors (Lipinski definition) is 0. The Bertz CT molecular complexity index is 1180. The topological polar surface area (TPSA) is 43.1 Å². The smallest absolute Gasteiger partial charge is 0.164 e. The number of rotatable bonds is 5. The molecule has 4 rings (SSSR count). The van der Waals surface area contributed by atoms with Gasteiger partial charge in [0.15, 0.2) is 5.65 Å². The summed E-state index contributed by atoms with van der Waals surface area (Å²) in [6.45, 7) is 12.9. The van der Waals surface area contributed by atoms with Crippen molar-refractivity contribution in [1.29, 1.82) is 0 Å². The minimum Gasteiger partial charge on any atom is -0.252 e. The molecule has 0 bridgehead atoms. The lowest BCUT2D eigenvalue weighted by molar-refractivity contribution is 0.627. The number of pyridine rings is 1. The molecule has 0 amide bonds. The van der Waals surface area contributed by atoms with Crippen molar-refractivity contribution < 1.29 is 0 Å². The van der Waals surface area contributed by atoms with Gasteiger partial charge in [0, 0.05) is 22.5 Å². The maximum absolute atomic E-state index is 5.02. The Hall–Kier alpha value is -2.53. The summed E-state index contributed by atoms with van der Waals surface area (Å²) in [7, 11) is 0. The molecule has 4 nitrogen and oxygen atoms in total. The monoisotopic (exact) mass is 404 g/mol. The molecule has 0 aliphatic rings. The second-order valence-corrected chi connectivity index (χ2v) is 8.86. The molecule has 0 radical (unpaired) electrons. The zero-order valence-electron chi connectivity index (χ0n) is 18.1. The molecule has 0 atom stereocenters. The highest BCUT2D eigenvalue weighted by atomic mass is 32.1. The Morgan fingerprint density at radius 2 is 1.76 bits per heavy atom. The van der Waals surface area contributed by atoms with Crippen LogP contribution in [0.4, 0.5) is 0 Å². The van der Waals surface area contributed by atoms with Crippen molar-refractivity contribution in [3.63, 3.8) is 0 Å². The number of aromatic nitrogens is 4. The summed E-state index contributed by atoms with van der Waals surface area (Å²) in [4.78, 5) is 12.1. The Balaban J connectivity index is 1.87. The number of nitrogens with zero attached hydrogens (tertiary/aromatic N) is 4. The van der Waals surface area contributed by atoms with Crippen LogP contribution in [-0.4, -0.2) is 19.6 Å². The summed E-state index contributed by atoms with van der Waals surface area (Å²) in [5, 5.41) is 4.82.